The Morgan fingerprint density at radius 3 is 2.74 bits per heavy atom. The van der Waals surface area contributed by atoms with Gasteiger partial charge < -0.3 is 4.90 Å². The molecule has 0 aromatic heterocycles. The molecular formula is C16H22N2O. The Morgan fingerprint density at radius 1 is 1.21 bits per heavy atom. The van der Waals surface area contributed by atoms with E-state index >= 15 is 0 Å². The average molecular weight is 258 g/mol. The fraction of sp³-hybridized carbons (Fsp3) is 0.562. The van der Waals surface area contributed by atoms with Crippen LogP contribution in [0, 0.1) is 5.92 Å². The zero-order valence-electron chi connectivity index (χ0n) is 11.5. The van der Waals surface area contributed by atoms with Gasteiger partial charge in [0.2, 0.25) is 5.91 Å². The molecule has 0 unspecified atom stereocenters. The van der Waals surface area contributed by atoms with Crippen LogP contribution in [0.15, 0.2) is 30.3 Å². The molecule has 0 spiro atoms. The van der Waals surface area contributed by atoms with Crippen molar-refractivity contribution in [1.29, 1.82) is 0 Å². The number of rotatable bonds is 2. The fourth-order valence-electron chi connectivity index (χ4n) is 3.42. The Hall–Kier alpha value is -1.35. The monoisotopic (exact) mass is 258 g/mol. The van der Waals surface area contributed by atoms with E-state index in [-0.39, 0.29) is 12.0 Å². The van der Waals surface area contributed by atoms with E-state index < -0.39 is 0 Å². The molecule has 2 fully saturated rings. The van der Waals surface area contributed by atoms with Crippen LogP contribution >= 0.6 is 0 Å². The molecular weight excluding hydrogens is 236 g/mol. The van der Waals surface area contributed by atoms with Crippen LogP contribution in [0.4, 0.5) is 0 Å². The van der Waals surface area contributed by atoms with Crippen molar-refractivity contribution in [2.45, 2.75) is 44.7 Å². The van der Waals surface area contributed by atoms with Gasteiger partial charge in [0, 0.05) is 6.04 Å². The van der Waals surface area contributed by atoms with E-state index in [1.807, 2.05) is 23.1 Å². The van der Waals surface area contributed by atoms with Crippen molar-refractivity contribution in [3.8, 4) is 0 Å². The number of hydrogen-bond acceptors (Lipinski definition) is 2. The highest BCUT2D eigenvalue weighted by molar-refractivity contribution is 5.81. The predicted molar refractivity (Wildman–Crippen MR) is 75.5 cm³/mol. The number of nitrogens with zero attached hydrogens (tertiary/aromatic N) is 1. The molecule has 19 heavy (non-hydrogen) atoms. The first-order valence-electron chi connectivity index (χ1n) is 7.36. The van der Waals surface area contributed by atoms with Crippen LogP contribution in [-0.4, -0.2) is 23.5 Å². The maximum absolute atomic E-state index is 12.7. The van der Waals surface area contributed by atoms with Crippen LogP contribution in [0.1, 0.15) is 44.2 Å². The molecule has 1 amide bonds. The lowest BCUT2D eigenvalue weighted by Crippen LogP contribution is -2.58. The lowest BCUT2D eigenvalue weighted by Gasteiger charge is -2.43. The van der Waals surface area contributed by atoms with Gasteiger partial charge in [-0.2, -0.15) is 0 Å². The van der Waals surface area contributed by atoms with Crippen molar-refractivity contribution in [2.24, 2.45) is 5.92 Å². The standard InChI is InChI=1S/C16H22N2O/c1-12(13-7-3-2-4-8-13)18-11-17-15-10-6-5-9-14(15)16(18)19/h2-4,7-8,12,14-15,17H,5-6,9-11H2,1H3/t12-,14-,15-/m0/s1. The van der Waals surface area contributed by atoms with Gasteiger partial charge in [0.25, 0.3) is 0 Å². The van der Waals surface area contributed by atoms with Crippen molar-refractivity contribution in [1.82, 2.24) is 10.2 Å². The van der Waals surface area contributed by atoms with Crippen molar-refractivity contribution in [2.75, 3.05) is 6.67 Å². The van der Waals surface area contributed by atoms with E-state index in [0.717, 1.165) is 12.8 Å². The van der Waals surface area contributed by atoms with Crippen LogP contribution in [-0.2, 0) is 4.79 Å². The Bertz CT molecular complexity index is 445. The van der Waals surface area contributed by atoms with Crippen molar-refractivity contribution in [3.05, 3.63) is 35.9 Å². The van der Waals surface area contributed by atoms with Crippen LogP contribution in [0.3, 0.4) is 0 Å². The van der Waals surface area contributed by atoms with Crippen LogP contribution in [0.5, 0.6) is 0 Å². The van der Waals surface area contributed by atoms with Gasteiger partial charge in [0.1, 0.15) is 0 Å². The molecule has 1 aliphatic carbocycles. The van der Waals surface area contributed by atoms with Gasteiger partial charge >= 0.3 is 0 Å². The lowest BCUT2D eigenvalue weighted by molar-refractivity contribution is -0.144. The quantitative estimate of drug-likeness (QED) is 0.884. The highest BCUT2D eigenvalue weighted by atomic mass is 16.2. The third kappa shape index (κ3) is 2.39. The molecule has 1 saturated carbocycles. The number of amides is 1. The number of benzene rings is 1. The van der Waals surface area contributed by atoms with Crippen molar-refractivity contribution in [3.63, 3.8) is 0 Å². The smallest absolute Gasteiger partial charge is 0.228 e. The molecule has 102 valence electrons. The first-order valence-corrected chi connectivity index (χ1v) is 7.36. The number of fused-ring (bicyclic) bond motifs is 1. The third-order valence-electron chi connectivity index (χ3n) is 4.64. The molecule has 1 aromatic carbocycles. The summed E-state index contributed by atoms with van der Waals surface area (Å²) in [5, 5.41) is 3.56. The largest absolute Gasteiger partial charge is 0.323 e. The van der Waals surface area contributed by atoms with E-state index in [1.54, 1.807) is 0 Å². The molecule has 1 aromatic rings. The minimum absolute atomic E-state index is 0.157. The normalized spacial score (nSPS) is 28.9. The highest BCUT2D eigenvalue weighted by Gasteiger charge is 2.39. The predicted octanol–water partition coefficient (Wildman–Crippen LogP) is 2.70. The Labute approximate surface area is 115 Å². The van der Waals surface area contributed by atoms with Gasteiger partial charge in [0.15, 0.2) is 0 Å². The molecule has 0 bridgehead atoms. The zero-order valence-corrected chi connectivity index (χ0v) is 11.5. The van der Waals surface area contributed by atoms with Gasteiger partial charge in [-0.3, -0.25) is 10.1 Å². The molecule has 1 aliphatic heterocycles. The van der Waals surface area contributed by atoms with Gasteiger partial charge in [-0.05, 0) is 25.3 Å². The summed E-state index contributed by atoms with van der Waals surface area (Å²) in [6, 6.07) is 10.9. The van der Waals surface area contributed by atoms with Gasteiger partial charge in [-0.15, -0.1) is 0 Å². The van der Waals surface area contributed by atoms with E-state index in [9.17, 15) is 4.79 Å². The second kappa shape index (κ2) is 5.33. The molecule has 3 heteroatoms. The fourth-order valence-corrected chi connectivity index (χ4v) is 3.42. The summed E-state index contributed by atoms with van der Waals surface area (Å²) in [4.78, 5) is 14.7. The number of hydrogen-bond donors (Lipinski definition) is 1. The second-order valence-corrected chi connectivity index (χ2v) is 5.75. The Morgan fingerprint density at radius 2 is 1.95 bits per heavy atom. The highest BCUT2D eigenvalue weighted by Crippen LogP contribution is 2.32. The summed E-state index contributed by atoms with van der Waals surface area (Å²) in [5.41, 5.74) is 1.21. The third-order valence-corrected chi connectivity index (χ3v) is 4.64. The first kappa shape index (κ1) is 12.7. The molecule has 3 rings (SSSR count). The maximum atomic E-state index is 12.7. The van der Waals surface area contributed by atoms with Gasteiger partial charge in [-0.1, -0.05) is 43.2 Å². The summed E-state index contributed by atoms with van der Waals surface area (Å²) in [6.07, 6.45) is 4.66. The summed E-state index contributed by atoms with van der Waals surface area (Å²) in [6.45, 7) is 2.81. The maximum Gasteiger partial charge on any atom is 0.228 e. The van der Waals surface area contributed by atoms with E-state index in [1.165, 1.54) is 18.4 Å². The topological polar surface area (TPSA) is 32.3 Å². The zero-order chi connectivity index (χ0) is 13.2. The number of carbonyl (C=O) groups excluding carboxylic acids is 1. The van der Waals surface area contributed by atoms with Crippen LogP contribution in [0.2, 0.25) is 0 Å². The van der Waals surface area contributed by atoms with Crippen molar-refractivity contribution < 1.29 is 4.79 Å². The number of carbonyl (C=O) groups is 1. The van der Waals surface area contributed by atoms with Crippen molar-refractivity contribution >= 4 is 5.91 Å². The summed E-state index contributed by atoms with van der Waals surface area (Å²) in [5.74, 6) is 0.550. The van der Waals surface area contributed by atoms with Gasteiger partial charge in [-0.25, -0.2) is 0 Å². The Kier molecular flexibility index (Phi) is 3.56. The molecule has 1 heterocycles. The second-order valence-electron chi connectivity index (χ2n) is 5.75. The molecule has 3 nitrogen and oxygen atoms in total. The first-order chi connectivity index (χ1) is 9.27. The minimum Gasteiger partial charge on any atom is -0.323 e. The van der Waals surface area contributed by atoms with Crippen LogP contribution in [0.25, 0.3) is 0 Å². The molecule has 0 radical (unpaired) electrons. The molecule has 3 atom stereocenters. The average Bonchev–Trinajstić information content (AvgIpc) is 2.48. The van der Waals surface area contributed by atoms with Crippen LogP contribution < -0.4 is 5.32 Å². The summed E-state index contributed by atoms with van der Waals surface area (Å²) < 4.78 is 0. The molecule has 2 aliphatic rings. The SMILES string of the molecule is C[C@@H](c1ccccc1)N1CN[C@H]2CCCC[C@@H]2C1=O. The Balaban J connectivity index is 1.76. The lowest BCUT2D eigenvalue weighted by atomic mass is 9.82. The molecule has 1 N–H and O–H groups in total. The number of nitrogens with one attached hydrogen (secondary N) is 1. The summed E-state index contributed by atoms with van der Waals surface area (Å²) in [7, 11) is 0. The minimum atomic E-state index is 0.157. The molecule has 1 saturated heterocycles. The van der Waals surface area contributed by atoms with Gasteiger partial charge in [0.05, 0.1) is 18.6 Å². The van der Waals surface area contributed by atoms with E-state index in [0.29, 0.717) is 18.6 Å². The summed E-state index contributed by atoms with van der Waals surface area (Å²) >= 11 is 0. The van der Waals surface area contributed by atoms with E-state index in [4.69, 9.17) is 0 Å². The van der Waals surface area contributed by atoms with E-state index in [2.05, 4.69) is 24.4 Å².